The summed E-state index contributed by atoms with van der Waals surface area (Å²) in [4.78, 5) is 11.9. The summed E-state index contributed by atoms with van der Waals surface area (Å²) in [5, 5.41) is 5.69. The van der Waals surface area contributed by atoms with E-state index in [0.717, 1.165) is 30.5 Å². The van der Waals surface area contributed by atoms with Crippen LogP contribution in [0.5, 0.6) is 0 Å². The highest BCUT2D eigenvalue weighted by atomic mass is 16.5. The highest BCUT2D eigenvalue weighted by Crippen LogP contribution is 2.34. The Bertz CT molecular complexity index is 464. The van der Waals surface area contributed by atoms with Gasteiger partial charge in [-0.25, -0.2) is 4.79 Å². The minimum atomic E-state index is -0.213. The standard InChI is InChI=1S/C15H23N3O2/c1-11(16)12-5-3-6-13(9-12)18-14(19)17-10-15(20-2)7-4-8-15/h3,5-6,9,11H,4,7-8,10,16H2,1-2H3,(H2,17,18,19). The van der Waals surface area contributed by atoms with Crippen molar-refractivity contribution in [2.75, 3.05) is 19.0 Å². The van der Waals surface area contributed by atoms with E-state index in [2.05, 4.69) is 10.6 Å². The van der Waals surface area contributed by atoms with E-state index in [-0.39, 0.29) is 17.7 Å². The van der Waals surface area contributed by atoms with E-state index in [4.69, 9.17) is 10.5 Å². The molecular formula is C15H23N3O2. The van der Waals surface area contributed by atoms with Gasteiger partial charge in [-0.3, -0.25) is 0 Å². The maximum Gasteiger partial charge on any atom is 0.319 e. The van der Waals surface area contributed by atoms with E-state index in [1.807, 2.05) is 31.2 Å². The van der Waals surface area contributed by atoms with Gasteiger partial charge in [-0.05, 0) is 43.9 Å². The van der Waals surface area contributed by atoms with Crippen LogP contribution in [0.2, 0.25) is 0 Å². The molecule has 1 aromatic rings. The topological polar surface area (TPSA) is 76.4 Å². The van der Waals surface area contributed by atoms with Crippen LogP contribution in [-0.4, -0.2) is 25.3 Å². The summed E-state index contributed by atoms with van der Waals surface area (Å²) in [7, 11) is 1.70. The van der Waals surface area contributed by atoms with Crippen LogP contribution in [0.15, 0.2) is 24.3 Å². The fourth-order valence-corrected chi connectivity index (χ4v) is 2.34. The maximum absolute atomic E-state index is 11.9. The molecular weight excluding hydrogens is 254 g/mol. The minimum absolute atomic E-state index is 0.0495. The van der Waals surface area contributed by atoms with Gasteiger partial charge in [0.1, 0.15) is 0 Å². The fourth-order valence-electron chi connectivity index (χ4n) is 2.34. The molecule has 1 aliphatic carbocycles. The number of nitrogens with two attached hydrogens (primary N) is 1. The smallest absolute Gasteiger partial charge is 0.319 e. The second-order valence-corrected chi connectivity index (χ2v) is 5.46. The van der Waals surface area contributed by atoms with Crippen molar-refractivity contribution in [3.8, 4) is 0 Å². The number of hydrogen-bond acceptors (Lipinski definition) is 3. The highest BCUT2D eigenvalue weighted by Gasteiger charge is 2.37. The molecule has 5 heteroatoms. The average molecular weight is 277 g/mol. The first-order chi connectivity index (χ1) is 9.54. The molecule has 0 aliphatic heterocycles. The van der Waals surface area contributed by atoms with Crippen molar-refractivity contribution < 1.29 is 9.53 Å². The maximum atomic E-state index is 11.9. The fraction of sp³-hybridized carbons (Fsp3) is 0.533. The van der Waals surface area contributed by atoms with Crippen LogP contribution in [-0.2, 0) is 4.74 Å². The number of ether oxygens (including phenoxy) is 1. The highest BCUT2D eigenvalue weighted by molar-refractivity contribution is 5.89. The number of methoxy groups -OCH3 is 1. The van der Waals surface area contributed by atoms with Crippen LogP contribution >= 0.6 is 0 Å². The molecule has 110 valence electrons. The summed E-state index contributed by atoms with van der Waals surface area (Å²) in [6.07, 6.45) is 3.17. The third kappa shape index (κ3) is 3.49. The molecule has 4 N–H and O–H groups in total. The first kappa shape index (κ1) is 14.8. The Kier molecular flexibility index (Phi) is 4.62. The summed E-state index contributed by atoms with van der Waals surface area (Å²) in [5.41, 5.74) is 7.41. The third-order valence-corrected chi connectivity index (χ3v) is 3.94. The first-order valence-electron chi connectivity index (χ1n) is 7.00. The van der Waals surface area contributed by atoms with Gasteiger partial charge in [-0.2, -0.15) is 0 Å². The molecule has 1 unspecified atom stereocenters. The van der Waals surface area contributed by atoms with E-state index in [0.29, 0.717) is 6.54 Å². The Morgan fingerprint density at radius 3 is 2.80 bits per heavy atom. The van der Waals surface area contributed by atoms with E-state index in [1.165, 1.54) is 0 Å². The molecule has 0 saturated heterocycles. The molecule has 0 aromatic heterocycles. The number of benzene rings is 1. The normalized spacial score (nSPS) is 17.9. The molecule has 1 atom stereocenters. The number of hydrogen-bond donors (Lipinski definition) is 3. The second-order valence-electron chi connectivity index (χ2n) is 5.46. The molecule has 5 nitrogen and oxygen atoms in total. The molecule has 2 amide bonds. The number of carbonyl (C=O) groups is 1. The van der Waals surface area contributed by atoms with Crippen LogP contribution in [0, 0.1) is 0 Å². The van der Waals surface area contributed by atoms with E-state index in [9.17, 15) is 4.79 Å². The van der Waals surface area contributed by atoms with E-state index >= 15 is 0 Å². The van der Waals surface area contributed by atoms with Gasteiger partial charge in [-0.1, -0.05) is 12.1 Å². The Labute approximate surface area is 119 Å². The lowest BCUT2D eigenvalue weighted by atomic mass is 9.80. The molecule has 0 spiro atoms. The van der Waals surface area contributed by atoms with Crippen molar-refractivity contribution in [2.45, 2.75) is 37.8 Å². The van der Waals surface area contributed by atoms with Gasteiger partial charge in [-0.15, -0.1) is 0 Å². The van der Waals surface area contributed by atoms with Gasteiger partial charge in [0.15, 0.2) is 0 Å². The Hall–Kier alpha value is -1.59. The molecule has 20 heavy (non-hydrogen) atoms. The van der Waals surface area contributed by atoms with Crippen molar-refractivity contribution in [2.24, 2.45) is 5.73 Å². The Balaban J connectivity index is 1.86. The monoisotopic (exact) mass is 277 g/mol. The van der Waals surface area contributed by atoms with Crippen molar-refractivity contribution in [3.63, 3.8) is 0 Å². The summed E-state index contributed by atoms with van der Waals surface area (Å²) < 4.78 is 5.47. The summed E-state index contributed by atoms with van der Waals surface area (Å²) >= 11 is 0. The number of urea groups is 1. The zero-order valence-electron chi connectivity index (χ0n) is 12.1. The van der Waals surface area contributed by atoms with Crippen LogP contribution in [0.4, 0.5) is 10.5 Å². The number of anilines is 1. The van der Waals surface area contributed by atoms with Crippen molar-refractivity contribution in [3.05, 3.63) is 29.8 Å². The van der Waals surface area contributed by atoms with Crippen LogP contribution in [0.3, 0.4) is 0 Å². The molecule has 1 saturated carbocycles. The molecule has 2 rings (SSSR count). The van der Waals surface area contributed by atoms with Crippen molar-refractivity contribution >= 4 is 11.7 Å². The van der Waals surface area contributed by atoms with Crippen LogP contribution in [0.25, 0.3) is 0 Å². The summed E-state index contributed by atoms with van der Waals surface area (Å²) in [6, 6.07) is 7.31. The molecule has 0 radical (unpaired) electrons. The van der Waals surface area contributed by atoms with Gasteiger partial charge >= 0.3 is 6.03 Å². The molecule has 0 bridgehead atoms. The predicted octanol–water partition coefficient (Wildman–Crippen LogP) is 2.40. The SMILES string of the molecule is COC1(CNC(=O)Nc2cccc(C(C)N)c2)CCC1. The lowest BCUT2D eigenvalue weighted by Crippen LogP contribution is -2.50. The van der Waals surface area contributed by atoms with Crippen LogP contribution < -0.4 is 16.4 Å². The zero-order valence-corrected chi connectivity index (χ0v) is 12.1. The lowest BCUT2D eigenvalue weighted by Gasteiger charge is -2.40. The second kappa shape index (κ2) is 6.24. The Morgan fingerprint density at radius 2 is 2.25 bits per heavy atom. The molecule has 1 aromatic carbocycles. The van der Waals surface area contributed by atoms with Crippen molar-refractivity contribution in [1.29, 1.82) is 0 Å². The van der Waals surface area contributed by atoms with Gasteiger partial charge in [0, 0.05) is 25.4 Å². The molecule has 1 fully saturated rings. The van der Waals surface area contributed by atoms with Crippen LogP contribution in [0.1, 0.15) is 37.8 Å². The average Bonchev–Trinajstić information content (AvgIpc) is 2.38. The largest absolute Gasteiger partial charge is 0.376 e. The van der Waals surface area contributed by atoms with Gasteiger partial charge < -0.3 is 21.1 Å². The van der Waals surface area contributed by atoms with E-state index in [1.54, 1.807) is 7.11 Å². The third-order valence-electron chi connectivity index (χ3n) is 3.94. The minimum Gasteiger partial charge on any atom is -0.376 e. The molecule has 1 aliphatic rings. The van der Waals surface area contributed by atoms with Crippen molar-refractivity contribution in [1.82, 2.24) is 5.32 Å². The summed E-state index contributed by atoms with van der Waals surface area (Å²) in [5.74, 6) is 0. The lowest BCUT2D eigenvalue weighted by molar-refractivity contribution is -0.0671. The number of amides is 2. The van der Waals surface area contributed by atoms with E-state index < -0.39 is 0 Å². The van der Waals surface area contributed by atoms with Gasteiger partial charge in [0.05, 0.1) is 5.60 Å². The number of carbonyl (C=O) groups excluding carboxylic acids is 1. The quantitative estimate of drug-likeness (QED) is 0.773. The first-order valence-corrected chi connectivity index (χ1v) is 7.00. The number of rotatable bonds is 5. The number of nitrogens with one attached hydrogen (secondary N) is 2. The predicted molar refractivity (Wildman–Crippen MR) is 79.7 cm³/mol. The Morgan fingerprint density at radius 1 is 1.50 bits per heavy atom. The molecule has 0 heterocycles. The van der Waals surface area contributed by atoms with Gasteiger partial charge in [0.2, 0.25) is 0 Å². The zero-order chi connectivity index (χ0) is 14.6. The van der Waals surface area contributed by atoms with Gasteiger partial charge in [0.25, 0.3) is 0 Å². The summed E-state index contributed by atoms with van der Waals surface area (Å²) in [6.45, 7) is 2.46.